The molecule has 0 atom stereocenters. The molecule has 0 aromatic rings. The van der Waals surface area contributed by atoms with Gasteiger partial charge in [-0.25, -0.2) is 0 Å². The highest BCUT2D eigenvalue weighted by atomic mass is 16.6. The second kappa shape index (κ2) is 37.2. The first-order valence-corrected chi connectivity index (χ1v) is 12.7. The van der Waals surface area contributed by atoms with Gasteiger partial charge in [0.1, 0.15) is 0 Å². The summed E-state index contributed by atoms with van der Waals surface area (Å²) in [4.78, 5) is 0. The Morgan fingerprint density at radius 1 is 0.324 bits per heavy atom. The van der Waals surface area contributed by atoms with Crippen LogP contribution in [0, 0.1) is 0 Å². The van der Waals surface area contributed by atoms with Crippen molar-refractivity contribution in [3.05, 3.63) is 0 Å². The molecule has 208 valence electrons. The minimum Gasteiger partial charge on any atom is -0.394 e. The maximum atomic E-state index is 8.45. The van der Waals surface area contributed by atoms with Crippen molar-refractivity contribution in [3.8, 4) is 0 Å². The van der Waals surface area contributed by atoms with Crippen LogP contribution >= 0.6 is 0 Å². The molecule has 0 heterocycles. The number of unbranched alkanes of at least 4 members (excludes halogenated alkanes) is 2. The molecule has 0 fully saturated rings. The summed E-state index contributed by atoms with van der Waals surface area (Å²) in [6, 6.07) is 0. The Balaban J connectivity index is 0. The summed E-state index contributed by atoms with van der Waals surface area (Å²) in [6.45, 7) is 13.7. The lowest BCUT2D eigenvalue weighted by Crippen LogP contribution is -2.12. The lowest BCUT2D eigenvalue weighted by Gasteiger charge is -2.06. The van der Waals surface area contributed by atoms with Gasteiger partial charge in [0, 0.05) is 13.2 Å². The molecule has 0 amide bonds. The summed E-state index contributed by atoms with van der Waals surface area (Å²) in [5.41, 5.74) is 0. The fourth-order valence-corrected chi connectivity index (χ4v) is 2.15. The van der Waals surface area contributed by atoms with Gasteiger partial charge in [-0.2, -0.15) is 0 Å². The molecule has 0 aliphatic carbocycles. The summed E-state index contributed by atoms with van der Waals surface area (Å²) in [5.74, 6) is 0. The molecule has 0 rings (SSSR count). The number of ether oxygens (including phenoxy) is 8. The lowest BCUT2D eigenvalue weighted by atomic mass is 10.4. The largest absolute Gasteiger partial charge is 0.394 e. The van der Waals surface area contributed by atoms with E-state index in [-0.39, 0.29) is 13.2 Å². The van der Waals surface area contributed by atoms with Crippen molar-refractivity contribution < 1.29 is 48.1 Å². The van der Waals surface area contributed by atoms with Gasteiger partial charge in [0.15, 0.2) is 0 Å². The molecular weight excluding hydrogens is 448 g/mol. The number of aliphatic hydroxyl groups excluding tert-OH is 2. The average Bonchev–Trinajstić information content (AvgIpc) is 2.85. The molecule has 0 saturated heterocycles. The van der Waals surface area contributed by atoms with Gasteiger partial charge >= 0.3 is 0 Å². The van der Waals surface area contributed by atoms with Gasteiger partial charge in [0.05, 0.1) is 106 Å². The smallest absolute Gasteiger partial charge is 0.0701 e. The molecule has 0 aliphatic heterocycles. The zero-order valence-electron chi connectivity index (χ0n) is 21.7. The molecule has 0 spiro atoms. The summed E-state index contributed by atoms with van der Waals surface area (Å²) in [7, 11) is 0. The van der Waals surface area contributed by atoms with Crippen LogP contribution in [-0.4, -0.2) is 129 Å². The van der Waals surface area contributed by atoms with E-state index >= 15 is 0 Å². The summed E-state index contributed by atoms with van der Waals surface area (Å²) >= 11 is 0. The Hall–Kier alpha value is -0.400. The van der Waals surface area contributed by atoms with Crippen LogP contribution in [-0.2, 0) is 37.9 Å². The fraction of sp³-hybridized carbons (Fsp3) is 1.00. The van der Waals surface area contributed by atoms with E-state index in [9.17, 15) is 0 Å². The van der Waals surface area contributed by atoms with E-state index in [2.05, 4.69) is 13.8 Å². The molecule has 0 radical (unpaired) electrons. The van der Waals surface area contributed by atoms with Crippen molar-refractivity contribution in [2.75, 3.05) is 119 Å². The summed E-state index contributed by atoms with van der Waals surface area (Å²) in [6.07, 6.45) is 4.54. The molecule has 0 saturated carbocycles. The Kier molecular flexibility index (Phi) is 39.1. The van der Waals surface area contributed by atoms with Gasteiger partial charge < -0.3 is 48.1 Å². The second-order valence-electron chi connectivity index (χ2n) is 7.05. The number of rotatable bonds is 28. The highest BCUT2D eigenvalue weighted by molar-refractivity contribution is 4.37. The van der Waals surface area contributed by atoms with Crippen LogP contribution in [0.2, 0.25) is 0 Å². The van der Waals surface area contributed by atoms with E-state index in [1.807, 2.05) is 0 Å². The second-order valence-corrected chi connectivity index (χ2v) is 7.05. The number of hydrogen-bond donors (Lipinski definition) is 2. The van der Waals surface area contributed by atoms with Crippen molar-refractivity contribution in [1.29, 1.82) is 0 Å². The highest BCUT2D eigenvalue weighted by Gasteiger charge is 1.93. The lowest BCUT2D eigenvalue weighted by molar-refractivity contribution is -0.00569. The van der Waals surface area contributed by atoms with Crippen molar-refractivity contribution in [3.63, 3.8) is 0 Å². The predicted octanol–water partition coefficient (Wildman–Crippen LogP) is 1.69. The first kappa shape index (κ1) is 35.8. The van der Waals surface area contributed by atoms with Crippen LogP contribution in [0.15, 0.2) is 0 Å². The van der Waals surface area contributed by atoms with Crippen molar-refractivity contribution >= 4 is 0 Å². The van der Waals surface area contributed by atoms with E-state index in [0.717, 1.165) is 38.9 Å². The van der Waals surface area contributed by atoms with E-state index in [1.54, 1.807) is 0 Å². The number of hydrogen-bond acceptors (Lipinski definition) is 10. The van der Waals surface area contributed by atoms with Crippen molar-refractivity contribution in [2.24, 2.45) is 0 Å². The molecule has 10 nitrogen and oxygen atoms in total. The molecule has 34 heavy (non-hydrogen) atoms. The van der Waals surface area contributed by atoms with Crippen molar-refractivity contribution in [2.45, 2.75) is 39.5 Å². The zero-order valence-corrected chi connectivity index (χ0v) is 21.7. The molecule has 2 N–H and O–H groups in total. The normalized spacial score (nSPS) is 10.9. The Morgan fingerprint density at radius 3 is 0.735 bits per heavy atom. The van der Waals surface area contributed by atoms with Gasteiger partial charge in [0.2, 0.25) is 0 Å². The minimum absolute atomic E-state index is 0.0567. The van der Waals surface area contributed by atoms with E-state index in [4.69, 9.17) is 48.1 Å². The van der Waals surface area contributed by atoms with Gasteiger partial charge in [-0.15, -0.1) is 0 Å². The maximum absolute atomic E-state index is 8.45. The van der Waals surface area contributed by atoms with Crippen LogP contribution in [0.3, 0.4) is 0 Å². The van der Waals surface area contributed by atoms with Gasteiger partial charge in [-0.3, -0.25) is 0 Å². The van der Waals surface area contributed by atoms with E-state index < -0.39 is 0 Å². The first-order valence-electron chi connectivity index (χ1n) is 12.7. The third-order valence-corrected chi connectivity index (χ3v) is 3.99. The standard InChI is InChI=1S/2C12H26O5/c2*1-2-3-5-14-7-9-16-11-12-17-10-8-15-6-4-13/h2*13H,2-12H2,1H3. The third kappa shape index (κ3) is 38.8. The topological polar surface area (TPSA) is 114 Å². The molecule has 0 bridgehead atoms. The van der Waals surface area contributed by atoms with Gasteiger partial charge in [0.25, 0.3) is 0 Å². The molecule has 0 aliphatic rings. The van der Waals surface area contributed by atoms with Crippen molar-refractivity contribution in [1.82, 2.24) is 0 Å². The Morgan fingerprint density at radius 2 is 0.529 bits per heavy atom. The molecule has 0 aromatic heterocycles. The van der Waals surface area contributed by atoms with Crippen LogP contribution in [0.5, 0.6) is 0 Å². The van der Waals surface area contributed by atoms with Crippen LogP contribution in [0.25, 0.3) is 0 Å². The summed E-state index contributed by atoms with van der Waals surface area (Å²) in [5, 5.41) is 16.9. The van der Waals surface area contributed by atoms with Gasteiger partial charge in [-0.1, -0.05) is 26.7 Å². The number of aliphatic hydroxyl groups is 2. The van der Waals surface area contributed by atoms with Crippen LogP contribution in [0.1, 0.15) is 39.5 Å². The minimum atomic E-state index is 0.0567. The Bertz CT molecular complexity index is 266. The first-order chi connectivity index (χ1) is 16.8. The Labute approximate surface area is 207 Å². The summed E-state index contributed by atoms with van der Waals surface area (Å²) < 4.78 is 41.9. The van der Waals surface area contributed by atoms with E-state index in [0.29, 0.717) is 92.5 Å². The predicted molar refractivity (Wildman–Crippen MR) is 131 cm³/mol. The van der Waals surface area contributed by atoms with Crippen LogP contribution in [0.4, 0.5) is 0 Å². The molecule has 10 heteroatoms. The molecule has 0 aromatic carbocycles. The quantitative estimate of drug-likeness (QED) is 0.154. The fourth-order valence-electron chi connectivity index (χ4n) is 2.15. The maximum Gasteiger partial charge on any atom is 0.0701 e. The average molecular weight is 501 g/mol. The van der Waals surface area contributed by atoms with E-state index in [1.165, 1.54) is 0 Å². The van der Waals surface area contributed by atoms with Crippen LogP contribution < -0.4 is 0 Å². The zero-order chi connectivity index (χ0) is 25.2. The molecule has 0 unspecified atom stereocenters. The third-order valence-electron chi connectivity index (χ3n) is 3.99. The SMILES string of the molecule is CCCCOCCOCCOCCOCCO.CCCCOCCOCCOCCOCCO. The van der Waals surface area contributed by atoms with Gasteiger partial charge in [-0.05, 0) is 12.8 Å². The monoisotopic (exact) mass is 500 g/mol. The highest BCUT2D eigenvalue weighted by Crippen LogP contribution is 1.89. The molecular formula is C24H52O10.